The third-order valence-electron chi connectivity index (χ3n) is 1.83. The maximum Gasteiger partial charge on any atom is 0.215 e. The number of rotatable bonds is 2. The van der Waals surface area contributed by atoms with Gasteiger partial charge in [0.1, 0.15) is 0 Å². The van der Waals surface area contributed by atoms with Crippen molar-refractivity contribution in [1.82, 2.24) is 9.78 Å². The molecule has 1 aromatic heterocycles. The molecular formula is C9H16FN3. The minimum atomic E-state index is -0.309. The highest BCUT2D eigenvalue weighted by molar-refractivity contribution is 5.08. The Morgan fingerprint density at radius 1 is 1.54 bits per heavy atom. The molecule has 1 rings (SSSR count). The fourth-order valence-corrected chi connectivity index (χ4v) is 1.16. The van der Waals surface area contributed by atoms with Gasteiger partial charge in [0.2, 0.25) is 5.95 Å². The molecule has 0 atom stereocenters. The lowest BCUT2D eigenvalue weighted by Gasteiger charge is -2.19. The maximum atomic E-state index is 13.6. The molecule has 1 heterocycles. The second-order valence-electron chi connectivity index (χ2n) is 4.08. The molecular weight excluding hydrogens is 169 g/mol. The van der Waals surface area contributed by atoms with Crippen LogP contribution in [-0.2, 0) is 12.0 Å². The van der Waals surface area contributed by atoms with Crippen LogP contribution >= 0.6 is 0 Å². The van der Waals surface area contributed by atoms with Crippen LogP contribution < -0.4 is 5.73 Å². The number of aromatic nitrogens is 2. The van der Waals surface area contributed by atoms with Gasteiger partial charge in [0, 0.05) is 5.56 Å². The highest BCUT2D eigenvalue weighted by atomic mass is 19.1. The van der Waals surface area contributed by atoms with E-state index in [0.29, 0.717) is 18.5 Å². The van der Waals surface area contributed by atoms with Crippen LogP contribution in [0.4, 0.5) is 4.39 Å². The van der Waals surface area contributed by atoms with Crippen LogP contribution in [0, 0.1) is 5.95 Å². The summed E-state index contributed by atoms with van der Waals surface area (Å²) in [7, 11) is 0. The second-order valence-corrected chi connectivity index (χ2v) is 4.08. The second kappa shape index (κ2) is 3.46. The van der Waals surface area contributed by atoms with Gasteiger partial charge in [-0.3, -0.25) is 0 Å². The standard InChI is InChI=1S/C9H16FN3/c1-9(2,3)13-8(10)7(4-5-11)6-12-13/h6H,4-5,11H2,1-3H3. The van der Waals surface area contributed by atoms with Gasteiger partial charge in [-0.15, -0.1) is 0 Å². The van der Waals surface area contributed by atoms with E-state index >= 15 is 0 Å². The van der Waals surface area contributed by atoms with E-state index in [1.807, 2.05) is 20.8 Å². The largest absolute Gasteiger partial charge is 0.330 e. The minimum absolute atomic E-state index is 0.266. The van der Waals surface area contributed by atoms with E-state index in [-0.39, 0.29) is 11.5 Å². The van der Waals surface area contributed by atoms with Crippen LogP contribution in [0.2, 0.25) is 0 Å². The maximum absolute atomic E-state index is 13.6. The quantitative estimate of drug-likeness (QED) is 0.754. The summed E-state index contributed by atoms with van der Waals surface area (Å²) < 4.78 is 14.9. The van der Waals surface area contributed by atoms with Crippen LogP contribution in [0.15, 0.2) is 6.20 Å². The summed E-state index contributed by atoms with van der Waals surface area (Å²) in [6.45, 7) is 6.19. The third kappa shape index (κ3) is 2.06. The number of hydrogen-bond donors (Lipinski definition) is 1. The van der Waals surface area contributed by atoms with Crippen LogP contribution in [0.3, 0.4) is 0 Å². The molecule has 0 spiro atoms. The summed E-state index contributed by atoms with van der Waals surface area (Å²) in [5.74, 6) is -0.266. The molecule has 3 nitrogen and oxygen atoms in total. The SMILES string of the molecule is CC(C)(C)n1ncc(CCN)c1F. The van der Waals surface area contributed by atoms with E-state index in [1.165, 1.54) is 4.68 Å². The lowest BCUT2D eigenvalue weighted by Crippen LogP contribution is -2.25. The molecule has 0 aliphatic carbocycles. The predicted molar refractivity (Wildman–Crippen MR) is 49.9 cm³/mol. The smallest absolute Gasteiger partial charge is 0.215 e. The van der Waals surface area contributed by atoms with E-state index in [4.69, 9.17) is 5.73 Å². The number of nitrogens with two attached hydrogens (primary N) is 1. The molecule has 0 saturated carbocycles. The van der Waals surface area contributed by atoms with E-state index < -0.39 is 0 Å². The Kier molecular flexibility index (Phi) is 2.71. The van der Waals surface area contributed by atoms with Crippen LogP contribution in [0.1, 0.15) is 26.3 Å². The zero-order chi connectivity index (χ0) is 10.1. The molecule has 1 aromatic rings. The lowest BCUT2D eigenvalue weighted by molar-refractivity contribution is 0.298. The minimum Gasteiger partial charge on any atom is -0.330 e. The summed E-state index contributed by atoms with van der Waals surface area (Å²) in [4.78, 5) is 0. The Bertz CT molecular complexity index is 286. The van der Waals surface area contributed by atoms with E-state index in [2.05, 4.69) is 5.10 Å². The van der Waals surface area contributed by atoms with Crippen molar-refractivity contribution in [2.24, 2.45) is 5.73 Å². The number of nitrogens with zero attached hydrogens (tertiary/aromatic N) is 2. The molecule has 0 amide bonds. The Morgan fingerprint density at radius 2 is 2.15 bits per heavy atom. The molecule has 4 heteroatoms. The van der Waals surface area contributed by atoms with Crippen molar-refractivity contribution in [1.29, 1.82) is 0 Å². The van der Waals surface area contributed by atoms with Crippen molar-refractivity contribution in [2.75, 3.05) is 6.54 Å². The summed E-state index contributed by atoms with van der Waals surface area (Å²) in [6.07, 6.45) is 2.09. The Morgan fingerprint density at radius 3 is 2.54 bits per heavy atom. The van der Waals surface area contributed by atoms with Crippen molar-refractivity contribution in [3.05, 3.63) is 17.7 Å². The van der Waals surface area contributed by atoms with Crippen molar-refractivity contribution < 1.29 is 4.39 Å². The van der Waals surface area contributed by atoms with Gasteiger partial charge in [-0.05, 0) is 33.7 Å². The first-order valence-corrected chi connectivity index (χ1v) is 4.39. The van der Waals surface area contributed by atoms with Gasteiger partial charge in [-0.25, -0.2) is 4.68 Å². The van der Waals surface area contributed by atoms with Crippen molar-refractivity contribution >= 4 is 0 Å². The van der Waals surface area contributed by atoms with Crippen LogP contribution in [-0.4, -0.2) is 16.3 Å². The Labute approximate surface area is 77.7 Å². The normalized spacial score (nSPS) is 12.1. The molecule has 0 unspecified atom stereocenters. The lowest BCUT2D eigenvalue weighted by atomic mass is 10.1. The molecule has 2 N–H and O–H groups in total. The summed E-state index contributed by atoms with van der Waals surface area (Å²) in [6, 6.07) is 0. The van der Waals surface area contributed by atoms with Gasteiger partial charge >= 0.3 is 0 Å². The molecule has 13 heavy (non-hydrogen) atoms. The molecule has 0 aliphatic heterocycles. The average Bonchev–Trinajstić information content (AvgIpc) is 2.32. The summed E-state index contributed by atoms with van der Waals surface area (Å²) >= 11 is 0. The van der Waals surface area contributed by atoms with Gasteiger partial charge in [0.05, 0.1) is 11.7 Å². The van der Waals surface area contributed by atoms with Gasteiger partial charge in [-0.1, -0.05) is 0 Å². The molecule has 0 radical (unpaired) electrons. The first-order valence-electron chi connectivity index (χ1n) is 4.39. The molecule has 0 aliphatic rings. The number of hydrogen-bond acceptors (Lipinski definition) is 2. The zero-order valence-corrected chi connectivity index (χ0v) is 8.34. The van der Waals surface area contributed by atoms with Crippen molar-refractivity contribution in [2.45, 2.75) is 32.7 Å². The van der Waals surface area contributed by atoms with Crippen LogP contribution in [0.5, 0.6) is 0 Å². The molecule has 0 bridgehead atoms. The predicted octanol–water partition coefficient (Wildman–Crippen LogP) is 1.28. The molecule has 0 aromatic carbocycles. The highest BCUT2D eigenvalue weighted by Gasteiger charge is 2.20. The van der Waals surface area contributed by atoms with E-state index in [9.17, 15) is 4.39 Å². The molecule has 0 saturated heterocycles. The monoisotopic (exact) mass is 185 g/mol. The van der Waals surface area contributed by atoms with E-state index in [0.717, 1.165) is 0 Å². The molecule has 74 valence electrons. The van der Waals surface area contributed by atoms with Crippen LogP contribution in [0.25, 0.3) is 0 Å². The van der Waals surface area contributed by atoms with Gasteiger partial charge in [0.25, 0.3) is 0 Å². The zero-order valence-electron chi connectivity index (χ0n) is 8.34. The first-order chi connectivity index (χ1) is 5.96. The van der Waals surface area contributed by atoms with Crippen molar-refractivity contribution in [3.8, 4) is 0 Å². The summed E-state index contributed by atoms with van der Waals surface area (Å²) in [5.41, 5.74) is 5.63. The van der Waals surface area contributed by atoms with Gasteiger partial charge in [-0.2, -0.15) is 9.49 Å². The highest BCUT2D eigenvalue weighted by Crippen LogP contribution is 2.17. The topological polar surface area (TPSA) is 43.8 Å². The van der Waals surface area contributed by atoms with E-state index in [1.54, 1.807) is 6.20 Å². The number of halogens is 1. The third-order valence-corrected chi connectivity index (χ3v) is 1.83. The first kappa shape index (κ1) is 10.2. The van der Waals surface area contributed by atoms with Crippen molar-refractivity contribution in [3.63, 3.8) is 0 Å². The Hall–Kier alpha value is -0.900. The fraction of sp³-hybridized carbons (Fsp3) is 0.667. The fourth-order valence-electron chi connectivity index (χ4n) is 1.16. The van der Waals surface area contributed by atoms with Gasteiger partial charge in [0.15, 0.2) is 0 Å². The average molecular weight is 185 g/mol. The molecule has 0 fully saturated rings. The summed E-state index contributed by atoms with van der Waals surface area (Å²) in [5, 5.41) is 3.99. The Balaban J connectivity index is 2.99. The van der Waals surface area contributed by atoms with Gasteiger partial charge < -0.3 is 5.73 Å².